The zero-order valence-electron chi connectivity index (χ0n) is 59.6. The average Bonchev–Trinajstić information content (AvgIpc) is 4.09. The fourth-order valence-corrected chi connectivity index (χ4v) is 12.2. The van der Waals surface area contributed by atoms with Crippen LogP contribution in [0.2, 0.25) is 0 Å². The highest BCUT2D eigenvalue weighted by atomic mass is 32.2. The normalized spacial score (nSPS) is 19.3. The molecule has 0 aromatic rings. The molecule has 0 bridgehead atoms. The molecule has 90 heavy (non-hydrogen) atoms. The maximum absolute atomic E-state index is 11.6. The summed E-state index contributed by atoms with van der Waals surface area (Å²) in [6.45, 7) is 47.5. The standard InChI is InChI=1S/C10H19NO.C9H18N2O.3C9H17NO.C8H15NO3S.C8H15NO.C7H13NO.CH4/c1-9(2)10(12)11-7-5-3-4-6-8-11;1-8(2)9(12)11-6-4-10(3)5-7-11;3*1-8(2)9(11)10-6-4-3-5-7-10;1-7(2)8(10)9-3-5-13(11,12)6-4-9;1-7(2)8(10)9-5-3-4-6-9;1-6(2)7(9)8-4-3-5-8;/h9H,3-8H2,1-2H3;8H,4-7H2,1-3H3;3*8H,3-7H2,1-2H3;7H,3-6H2,1-2H3;7H,3-6H2,1-2H3;6H,3-5H2,1-2H3;1H4. The predicted molar refractivity (Wildman–Crippen MR) is 368 cm³/mol. The molecule has 0 aromatic carbocycles. The van der Waals surface area contributed by atoms with Crippen LogP contribution in [-0.2, 0) is 48.2 Å². The number of amides is 8. The van der Waals surface area contributed by atoms with Crippen LogP contribution in [0.1, 0.15) is 221 Å². The Balaban J connectivity index is 0.00000101. The number of hydrogen-bond donors (Lipinski definition) is 0. The van der Waals surface area contributed by atoms with E-state index < -0.39 is 9.84 Å². The van der Waals surface area contributed by atoms with Crippen LogP contribution in [0, 0.1) is 47.3 Å². The minimum Gasteiger partial charge on any atom is -0.342 e. The third-order valence-corrected chi connectivity index (χ3v) is 18.5. The van der Waals surface area contributed by atoms with Gasteiger partial charge in [0.2, 0.25) is 47.3 Å². The molecule has 0 aliphatic carbocycles. The monoisotopic (exact) mass is 1290 g/mol. The van der Waals surface area contributed by atoms with Gasteiger partial charge in [-0.05, 0) is 96.9 Å². The molecule has 20 heteroatoms. The first-order chi connectivity index (χ1) is 41.8. The van der Waals surface area contributed by atoms with Gasteiger partial charge in [-0.1, -0.05) is 131 Å². The van der Waals surface area contributed by atoms with Crippen LogP contribution in [0.3, 0.4) is 0 Å². The molecular formula is C70H135N9O10S. The van der Waals surface area contributed by atoms with E-state index >= 15 is 0 Å². The number of carbonyl (C=O) groups excluding carboxylic acids is 8. The van der Waals surface area contributed by atoms with Crippen LogP contribution in [0.5, 0.6) is 0 Å². The van der Waals surface area contributed by atoms with Gasteiger partial charge in [0.15, 0.2) is 9.84 Å². The first kappa shape index (κ1) is 85.7. The number of likely N-dealkylation sites (N-methyl/N-ethyl adjacent to an activating group) is 1. The molecule has 8 aliphatic heterocycles. The maximum atomic E-state index is 11.6. The third kappa shape index (κ3) is 35.1. The SMILES string of the molecule is C.CC(C)C(=O)N1CCC1.CC(C)C(=O)N1CCCC1.CC(C)C(=O)N1CCCCC1.CC(C)C(=O)N1CCCCC1.CC(C)C(=O)N1CCCCC1.CC(C)C(=O)N1CCCCCC1.CC(C)C(=O)N1CCN(C)CC1.CC(C)C(=O)N1CCS(=O)(=O)CC1. The van der Waals surface area contributed by atoms with E-state index in [1.54, 1.807) is 4.90 Å². The molecule has 8 aliphatic rings. The molecule has 19 nitrogen and oxygen atoms in total. The molecule has 0 N–H and O–H groups in total. The lowest BCUT2D eigenvalue weighted by Gasteiger charge is -2.33. The molecule has 8 saturated heterocycles. The Morgan fingerprint density at radius 2 is 0.367 bits per heavy atom. The highest BCUT2D eigenvalue weighted by molar-refractivity contribution is 7.91. The van der Waals surface area contributed by atoms with Crippen molar-refractivity contribution in [2.45, 2.75) is 221 Å². The Bertz CT molecular complexity index is 2050. The van der Waals surface area contributed by atoms with Gasteiger partial charge in [-0.3, -0.25) is 38.4 Å². The van der Waals surface area contributed by atoms with Crippen LogP contribution in [0.4, 0.5) is 0 Å². The largest absolute Gasteiger partial charge is 0.342 e. The van der Waals surface area contributed by atoms with Gasteiger partial charge in [0.25, 0.3) is 0 Å². The number of likely N-dealkylation sites (tertiary alicyclic amines) is 6. The first-order valence-electron chi connectivity index (χ1n) is 35.0. The van der Waals surface area contributed by atoms with E-state index in [0.29, 0.717) is 54.4 Å². The Hall–Kier alpha value is -4.33. The summed E-state index contributed by atoms with van der Waals surface area (Å²) in [6.07, 6.45) is 19.6. The molecule has 8 rings (SSSR count). The Labute approximate surface area is 550 Å². The van der Waals surface area contributed by atoms with Crippen LogP contribution in [-0.4, -0.2) is 236 Å². The van der Waals surface area contributed by atoms with Crippen molar-refractivity contribution in [3.63, 3.8) is 0 Å². The second-order valence-electron chi connectivity index (χ2n) is 28.0. The van der Waals surface area contributed by atoms with Gasteiger partial charge in [0.1, 0.15) is 0 Å². The van der Waals surface area contributed by atoms with E-state index in [9.17, 15) is 46.8 Å². The Kier molecular flexibility index (Phi) is 44.4. The highest BCUT2D eigenvalue weighted by Gasteiger charge is 2.28. The fraction of sp³-hybridized carbons (Fsp3) is 0.886. The molecule has 8 heterocycles. The zero-order valence-corrected chi connectivity index (χ0v) is 60.4. The lowest BCUT2D eigenvalue weighted by atomic mass is 10.1. The first-order valence-corrected chi connectivity index (χ1v) is 36.8. The van der Waals surface area contributed by atoms with Crippen molar-refractivity contribution in [2.75, 3.05) is 136 Å². The smallest absolute Gasteiger partial charge is 0.225 e. The maximum Gasteiger partial charge on any atom is 0.225 e. The second kappa shape index (κ2) is 46.7. The van der Waals surface area contributed by atoms with Gasteiger partial charge >= 0.3 is 0 Å². The molecule has 0 aromatic heterocycles. The van der Waals surface area contributed by atoms with Crippen molar-refractivity contribution in [2.24, 2.45) is 47.3 Å². The summed E-state index contributed by atoms with van der Waals surface area (Å²) < 4.78 is 22.1. The molecule has 0 atom stereocenters. The van der Waals surface area contributed by atoms with Crippen molar-refractivity contribution < 1.29 is 46.8 Å². The highest BCUT2D eigenvalue weighted by Crippen LogP contribution is 2.17. The van der Waals surface area contributed by atoms with Crippen LogP contribution < -0.4 is 0 Å². The summed E-state index contributed by atoms with van der Waals surface area (Å²) >= 11 is 0. The molecule has 0 radical (unpaired) electrons. The van der Waals surface area contributed by atoms with Gasteiger partial charge in [-0.2, -0.15) is 0 Å². The lowest BCUT2D eigenvalue weighted by Crippen LogP contribution is -2.48. The third-order valence-electron chi connectivity index (χ3n) is 16.9. The molecule has 8 fully saturated rings. The minimum absolute atomic E-state index is 0. The van der Waals surface area contributed by atoms with Crippen LogP contribution >= 0.6 is 0 Å². The van der Waals surface area contributed by atoms with Crippen LogP contribution in [0.25, 0.3) is 0 Å². The summed E-state index contributed by atoms with van der Waals surface area (Å²) in [5, 5.41) is 0. The fourth-order valence-electron chi connectivity index (χ4n) is 11.0. The summed E-state index contributed by atoms with van der Waals surface area (Å²) in [6, 6.07) is 0. The number of carbonyl (C=O) groups is 8. The van der Waals surface area contributed by atoms with Gasteiger partial charge in [0.05, 0.1) is 11.5 Å². The quantitative estimate of drug-likeness (QED) is 0.224. The van der Waals surface area contributed by atoms with E-state index in [2.05, 4.69) is 11.9 Å². The van der Waals surface area contributed by atoms with Crippen LogP contribution in [0.15, 0.2) is 0 Å². The van der Waals surface area contributed by atoms with E-state index in [-0.39, 0.29) is 72.2 Å². The summed E-state index contributed by atoms with van der Waals surface area (Å²) in [4.78, 5) is 109. The number of rotatable bonds is 8. The van der Waals surface area contributed by atoms with Gasteiger partial charge in [0, 0.05) is 165 Å². The number of piperidine rings is 3. The number of piperazine rings is 1. The number of hydrogen-bond acceptors (Lipinski definition) is 11. The summed E-state index contributed by atoms with van der Waals surface area (Å²) in [5.74, 6) is 3.67. The Morgan fingerprint density at radius 1 is 0.222 bits per heavy atom. The molecular weight excluding hydrogens is 1160 g/mol. The van der Waals surface area contributed by atoms with E-state index in [0.717, 1.165) is 105 Å². The van der Waals surface area contributed by atoms with Crippen molar-refractivity contribution in [3.8, 4) is 0 Å². The summed E-state index contributed by atoms with van der Waals surface area (Å²) in [5.41, 5.74) is 0. The van der Waals surface area contributed by atoms with E-state index in [4.69, 9.17) is 0 Å². The molecule has 8 amide bonds. The lowest BCUT2D eigenvalue weighted by molar-refractivity contribution is -0.138. The van der Waals surface area contributed by atoms with E-state index in [1.165, 1.54) is 103 Å². The minimum atomic E-state index is -2.87. The van der Waals surface area contributed by atoms with Gasteiger partial charge in [-0.25, -0.2) is 8.42 Å². The second-order valence-corrected chi connectivity index (χ2v) is 30.3. The topological polar surface area (TPSA) is 200 Å². The zero-order chi connectivity index (χ0) is 67.4. The van der Waals surface area contributed by atoms with E-state index in [1.807, 2.05) is 145 Å². The number of sulfone groups is 1. The van der Waals surface area contributed by atoms with Gasteiger partial charge in [-0.15, -0.1) is 0 Å². The molecule has 0 unspecified atom stereocenters. The van der Waals surface area contributed by atoms with Crippen molar-refractivity contribution in [3.05, 3.63) is 0 Å². The number of nitrogens with zero attached hydrogens (tertiary/aromatic N) is 9. The molecule has 0 spiro atoms. The Morgan fingerprint density at radius 3 is 0.533 bits per heavy atom. The molecule has 526 valence electrons. The molecule has 0 saturated carbocycles. The van der Waals surface area contributed by atoms with Crippen molar-refractivity contribution in [1.29, 1.82) is 0 Å². The summed E-state index contributed by atoms with van der Waals surface area (Å²) in [7, 11) is -0.774. The van der Waals surface area contributed by atoms with Crippen molar-refractivity contribution >= 4 is 57.1 Å². The van der Waals surface area contributed by atoms with Gasteiger partial charge < -0.3 is 44.1 Å². The van der Waals surface area contributed by atoms with Crippen molar-refractivity contribution in [1.82, 2.24) is 44.1 Å². The predicted octanol–water partition coefficient (Wildman–Crippen LogP) is 10.1. The average molecular weight is 1290 g/mol.